The highest BCUT2D eigenvalue weighted by Crippen LogP contribution is 2.84. The van der Waals surface area contributed by atoms with Crippen molar-refractivity contribution in [1.29, 1.82) is 0 Å². The van der Waals surface area contributed by atoms with E-state index in [4.69, 9.17) is 9.47 Å². The Balaban J connectivity index is 1.89. The smallest absolute Gasteiger partial charge is 0.210 e. The van der Waals surface area contributed by atoms with E-state index < -0.39 is 57.0 Å². The predicted molar refractivity (Wildman–Crippen MR) is 129 cm³/mol. The van der Waals surface area contributed by atoms with Crippen LogP contribution in [0.5, 0.6) is 0 Å². The van der Waals surface area contributed by atoms with Crippen LogP contribution in [0.1, 0.15) is 54.4 Å². The van der Waals surface area contributed by atoms with Gasteiger partial charge >= 0.3 is 0 Å². The first-order valence-corrected chi connectivity index (χ1v) is 12.4. The van der Waals surface area contributed by atoms with Gasteiger partial charge in [-0.15, -0.1) is 0 Å². The number of hydrogen-bond donors (Lipinski definition) is 4. The summed E-state index contributed by atoms with van der Waals surface area (Å²) in [5.41, 5.74) is -7.18. The van der Waals surface area contributed by atoms with E-state index in [2.05, 4.69) is 0 Å². The van der Waals surface area contributed by atoms with Crippen LogP contribution in [0, 0.1) is 22.7 Å². The molecule has 36 heavy (non-hydrogen) atoms. The fraction of sp³-hybridized carbons (Fsp3) is 0.571. The lowest BCUT2D eigenvalue weighted by atomic mass is 9.40. The maximum Gasteiger partial charge on any atom is 0.210 e. The van der Waals surface area contributed by atoms with Crippen molar-refractivity contribution in [3.63, 3.8) is 0 Å². The zero-order chi connectivity index (χ0) is 26.7. The Kier molecular flexibility index (Phi) is 4.94. The zero-order valence-corrected chi connectivity index (χ0v) is 21.5. The number of rotatable bonds is 6. The number of allylic oxidation sites excluding steroid dienone is 6. The average Bonchev–Trinajstić information content (AvgIpc) is 3.12. The van der Waals surface area contributed by atoms with Crippen molar-refractivity contribution < 1.29 is 39.5 Å². The molecule has 2 saturated heterocycles. The van der Waals surface area contributed by atoms with Gasteiger partial charge in [0.05, 0.1) is 10.8 Å². The molecule has 0 unspecified atom stereocenters. The highest BCUT2D eigenvalue weighted by Gasteiger charge is 2.98. The fourth-order valence-electron chi connectivity index (χ4n) is 8.16. The molecule has 4 N–H and O–H groups in total. The second-order valence-electron chi connectivity index (χ2n) is 11.3. The summed E-state index contributed by atoms with van der Waals surface area (Å²) >= 11 is 0. The maximum absolute atomic E-state index is 14.3. The first-order valence-electron chi connectivity index (χ1n) is 12.4. The Morgan fingerprint density at radius 1 is 0.944 bits per heavy atom. The number of Topliss-reactive ketones (excluding diaryl/α,β-unsaturated/α-hetero) is 2. The van der Waals surface area contributed by atoms with Crippen molar-refractivity contribution in [2.75, 3.05) is 0 Å². The molecule has 0 aromatic rings. The second-order valence-corrected chi connectivity index (χ2v) is 11.3. The monoisotopic (exact) mass is 498 g/mol. The maximum atomic E-state index is 14.3. The van der Waals surface area contributed by atoms with Crippen LogP contribution in [0.25, 0.3) is 0 Å². The standard InChI is InChI=1S/C28H34O8/c1-7-9-11-13-15(29)17-19-23(3)22(32)18(16(30)14-12-10-8-2)20-24(4,21(17)31)28(34)25(19,5)35-27(23,33)26(20,6)36-28/h7-11,13,19-20,29,32-34H,12,14H2,1-6H3/b9-7+,10-8+,13-11+,17-15?/t19-,20+,23+,24-,25-,26-,27+,28+/m0/s1. The van der Waals surface area contributed by atoms with Gasteiger partial charge in [-0.1, -0.05) is 30.4 Å². The lowest BCUT2D eigenvalue weighted by molar-refractivity contribution is -0.451. The lowest BCUT2D eigenvalue weighted by Gasteiger charge is -2.58. The van der Waals surface area contributed by atoms with Crippen molar-refractivity contribution in [1.82, 2.24) is 0 Å². The van der Waals surface area contributed by atoms with Crippen molar-refractivity contribution in [3.8, 4) is 0 Å². The van der Waals surface area contributed by atoms with E-state index in [1.54, 1.807) is 25.2 Å². The molecule has 8 heteroatoms. The molecule has 4 fully saturated rings. The van der Waals surface area contributed by atoms with Crippen LogP contribution in [-0.4, -0.2) is 54.8 Å². The molecule has 2 aliphatic heterocycles. The van der Waals surface area contributed by atoms with E-state index in [0.29, 0.717) is 6.42 Å². The Labute approximate surface area is 210 Å². The number of carbonyl (C=O) groups is 2. The summed E-state index contributed by atoms with van der Waals surface area (Å²) in [7, 11) is 0. The molecule has 194 valence electrons. The average molecular weight is 499 g/mol. The fourth-order valence-corrected chi connectivity index (χ4v) is 8.16. The van der Waals surface area contributed by atoms with Crippen molar-refractivity contribution >= 4 is 11.6 Å². The van der Waals surface area contributed by atoms with Gasteiger partial charge in [-0.25, -0.2) is 0 Å². The highest BCUT2D eigenvalue weighted by atomic mass is 16.8. The summed E-state index contributed by atoms with van der Waals surface area (Å²) in [6, 6.07) is 0. The van der Waals surface area contributed by atoms with E-state index in [1.807, 2.05) is 19.1 Å². The van der Waals surface area contributed by atoms with Crippen LogP contribution in [-0.2, 0) is 19.1 Å². The van der Waals surface area contributed by atoms with E-state index in [0.717, 1.165) is 0 Å². The summed E-state index contributed by atoms with van der Waals surface area (Å²) < 4.78 is 12.5. The first-order chi connectivity index (χ1) is 16.7. The highest BCUT2D eigenvalue weighted by molar-refractivity contribution is 6.08. The molecule has 5 aliphatic rings. The number of aliphatic hydroxyl groups is 4. The second kappa shape index (κ2) is 7.07. The SMILES string of the molecule is C/C=C/C=C/C(O)=C1C(=O)[C@]2(C)[C@H]3C(C(=O)CC/C=C/C)=C(O)[C@@]4(C)[C@H]1[C@]1(C)O[C@@]4(O)[C@@]3(C)O[C@@]12O. The minimum Gasteiger partial charge on any atom is -0.511 e. The van der Waals surface area contributed by atoms with Crippen LogP contribution in [0.15, 0.2) is 59.1 Å². The predicted octanol–water partition coefficient (Wildman–Crippen LogP) is 3.48. The van der Waals surface area contributed by atoms with Gasteiger partial charge in [-0.05, 0) is 54.0 Å². The molecule has 0 aromatic carbocycles. The van der Waals surface area contributed by atoms with Gasteiger partial charge in [0.15, 0.2) is 11.6 Å². The summed E-state index contributed by atoms with van der Waals surface area (Å²) in [6.07, 6.45) is 10.5. The summed E-state index contributed by atoms with van der Waals surface area (Å²) in [6.45, 7) is 9.66. The Morgan fingerprint density at radius 3 is 2.11 bits per heavy atom. The molecule has 2 saturated carbocycles. The zero-order valence-electron chi connectivity index (χ0n) is 21.5. The van der Waals surface area contributed by atoms with E-state index in [-0.39, 0.29) is 29.1 Å². The molecule has 0 amide bonds. The minimum atomic E-state index is -2.24. The van der Waals surface area contributed by atoms with E-state index in [9.17, 15) is 30.0 Å². The van der Waals surface area contributed by atoms with Crippen LogP contribution in [0.2, 0.25) is 0 Å². The molecule has 8 bridgehead atoms. The van der Waals surface area contributed by atoms with Crippen molar-refractivity contribution in [2.45, 2.75) is 77.2 Å². The largest absolute Gasteiger partial charge is 0.511 e. The topological polar surface area (TPSA) is 134 Å². The third-order valence-corrected chi connectivity index (χ3v) is 9.68. The molecule has 8 atom stereocenters. The Bertz CT molecular complexity index is 1240. The van der Waals surface area contributed by atoms with Gasteiger partial charge in [0.2, 0.25) is 11.6 Å². The van der Waals surface area contributed by atoms with Crippen LogP contribution < -0.4 is 0 Å². The van der Waals surface area contributed by atoms with Gasteiger partial charge in [-0.3, -0.25) is 9.59 Å². The normalized spacial score (nSPS) is 50.1. The summed E-state index contributed by atoms with van der Waals surface area (Å²) in [5, 5.41) is 47.4. The first kappa shape index (κ1) is 25.1. The van der Waals surface area contributed by atoms with Gasteiger partial charge in [0, 0.05) is 29.4 Å². The van der Waals surface area contributed by atoms with Gasteiger partial charge in [0.25, 0.3) is 0 Å². The minimum absolute atomic E-state index is 0.0264. The van der Waals surface area contributed by atoms with Crippen LogP contribution in [0.3, 0.4) is 0 Å². The molecule has 3 aliphatic carbocycles. The number of ketones is 2. The lowest BCUT2D eigenvalue weighted by Crippen LogP contribution is -2.72. The van der Waals surface area contributed by atoms with Crippen LogP contribution in [0.4, 0.5) is 0 Å². The molecular weight excluding hydrogens is 464 g/mol. The van der Waals surface area contributed by atoms with E-state index >= 15 is 0 Å². The van der Waals surface area contributed by atoms with Crippen LogP contribution >= 0.6 is 0 Å². The molecule has 8 nitrogen and oxygen atoms in total. The molecule has 0 aromatic heterocycles. The van der Waals surface area contributed by atoms with Gasteiger partial charge < -0.3 is 29.9 Å². The number of hydrogen-bond acceptors (Lipinski definition) is 8. The Hall–Kier alpha value is -2.52. The number of ether oxygens (including phenoxy) is 2. The quantitative estimate of drug-likeness (QED) is 0.189. The molecule has 0 radical (unpaired) electrons. The molecule has 0 spiro atoms. The number of carbonyl (C=O) groups excluding carboxylic acids is 2. The molecular formula is C28H34O8. The van der Waals surface area contributed by atoms with Crippen molar-refractivity contribution in [3.05, 3.63) is 59.1 Å². The van der Waals surface area contributed by atoms with Gasteiger partial charge in [0.1, 0.15) is 22.7 Å². The number of aliphatic hydroxyl groups excluding tert-OH is 2. The summed E-state index contributed by atoms with van der Waals surface area (Å²) in [5.74, 6) is -8.64. The third-order valence-electron chi connectivity index (χ3n) is 9.68. The van der Waals surface area contributed by atoms with E-state index in [1.165, 1.54) is 33.8 Å². The molecule has 5 rings (SSSR count). The molecule has 2 heterocycles. The third kappa shape index (κ3) is 2.19. The summed E-state index contributed by atoms with van der Waals surface area (Å²) in [4.78, 5) is 28.0. The Morgan fingerprint density at radius 2 is 1.53 bits per heavy atom. The van der Waals surface area contributed by atoms with Gasteiger partial charge in [-0.2, -0.15) is 0 Å². The van der Waals surface area contributed by atoms with Crippen molar-refractivity contribution in [2.24, 2.45) is 22.7 Å².